The number of aliphatic hydroxyl groups is 1. The van der Waals surface area contributed by atoms with E-state index in [0.717, 1.165) is 18.7 Å². The summed E-state index contributed by atoms with van der Waals surface area (Å²) in [5.74, 6) is 0.517. The number of likely N-dealkylation sites (tertiary alicyclic amines) is 1. The van der Waals surface area contributed by atoms with Crippen LogP contribution in [0.25, 0.3) is 5.76 Å². The van der Waals surface area contributed by atoms with E-state index >= 15 is 0 Å². The molecule has 1 atom stereocenters. The van der Waals surface area contributed by atoms with Gasteiger partial charge < -0.3 is 29.1 Å². The molecule has 8 nitrogen and oxygen atoms in total. The molecular formula is C30H40N2O6. The van der Waals surface area contributed by atoms with E-state index in [0.29, 0.717) is 54.0 Å². The maximum Gasteiger partial charge on any atom is 0.295 e. The third-order valence-electron chi connectivity index (χ3n) is 6.85. The number of carbonyl (C=O) groups excluding carboxylic acids is 2. The van der Waals surface area contributed by atoms with E-state index in [1.165, 1.54) is 7.11 Å². The van der Waals surface area contributed by atoms with E-state index in [2.05, 4.69) is 32.6 Å². The van der Waals surface area contributed by atoms with E-state index in [9.17, 15) is 14.7 Å². The molecule has 38 heavy (non-hydrogen) atoms. The van der Waals surface area contributed by atoms with Crippen molar-refractivity contribution in [2.24, 2.45) is 5.92 Å². The number of benzene rings is 2. The number of ether oxygens (including phenoxy) is 3. The Morgan fingerprint density at radius 1 is 1.03 bits per heavy atom. The van der Waals surface area contributed by atoms with Gasteiger partial charge in [0, 0.05) is 18.7 Å². The van der Waals surface area contributed by atoms with Gasteiger partial charge in [-0.15, -0.1) is 0 Å². The smallest absolute Gasteiger partial charge is 0.295 e. The van der Waals surface area contributed by atoms with Crippen molar-refractivity contribution < 1.29 is 28.9 Å². The molecule has 1 amide bonds. The summed E-state index contributed by atoms with van der Waals surface area (Å²) in [5, 5.41) is 11.5. The van der Waals surface area contributed by atoms with Gasteiger partial charge in [0.1, 0.15) is 11.5 Å². The molecule has 0 radical (unpaired) electrons. The molecule has 1 fully saturated rings. The number of Topliss-reactive ketones (excluding diaryl/α,β-unsaturated/α-hetero) is 1. The van der Waals surface area contributed by atoms with Gasteiger partial charge in [0.05, 0.1) is 32.4 Å². The molecule has 1 aliphatic rings. The van der Waals surface area contributed by atoms with Crippen LogP contribution in [0.2, 0.25) is 0 Å². The van der Waals surface area contributed by atoms with Crippen LogP contribution in [-0.2, 0) is 9.59 Å². The lowest BCUT2D eigenvalue weighted by Gasteiger charge is -2.28. The van der Waals surface area contributed by atoms with Crippen molar-refractivity contribution in [3.05, 3.63) is 58.7 Å². The molecule has 3 rings (SSSR count). The van der Waals surface area contributed by atoms with E-state index in [4.69, 9.17) is 14.2 Å². The van der Waals surface area contributed by atoms with Gasteiger partial charge in [-0.3, -0.25) is 9.59 Å². The molecule has 2 aromatic carbocycles. The molecule has 0 spiro atoms. The molecule has 1 saturated heterocycles. The number of hydrogen-bond donors (Lipinski definition) is 1. The first-order valence-electron chi connectivity index (χ1n) is 13.1. The number of aliphatic hydroxyl groups excluding tert-OH is 1. The van der Waals surface area contributed by atoms with Gasteiger partial charge >= 0.3 is 0 Å². The second kappa shape index (κ2) is 12.8. The van der Waals surface area contributed by atoms with Gasteiger partial charge in [-0.25, -0.2) is 0 Å². The highest BCUT2D eigenvalue weighted by Crippen LogP contribution is 2.42. The lowest BCUT2D eigenvalue weighted by Crippen LogP contribution is -2.38. The molecule has 0 saturated carbocycles. The van der Waals surface area contributed by atoms with E-state index in [-0.39, 0.29) is 11.3 Å². The van der Waals surface area contributed by atoms with Crippen LogP contribution in [-0.4, -0.2) is 73.6 Å². The van der Waals surface area contributed by atoms with Gasteiger partial charge in [-0.1, -0.05) is 33.8 Å². The highest BCUT2D eigenvalue weighted by Gasteiger charge is 2.46. The first-order chi connectivity index (χ1) is 18.2. The summed E-state index contributed by atoms with van der Waals surface area (Å²) in [5.41, 5.74) is 1.93. The fourth-order valence-electron chi connectivity index (χ4n) is 4.67. The Labute approximate surface area is 225 Å². The van der Waals surface area contributed by atoms with E-state index in [1.807, 2.05) is 13.0 Å². The second-order valence-corrected chi connectivity index (χ2v) is 9.82. The van der Waals surface area contributed by atoms with Gasteiger partial charge in [0.15, 0.2) is 11.5 Å². The van der Waals surface area contributed by atoms with Crippen molar-refractivity contribution >= 4 is 17.4 Å². The molecule has 2 aromatic rings. The third kappa shape index (κ3) is 6.13. The summed E-state index contributed by atoms with van der Waals surface area (Å²) in [4.78, 5) is 30.5. The highest BCUT2D eigenvalue weighted by atomic mass is 16.5. The molecule has 206 valence electrons. The Kier molecular flexibility index (Phi) is 9.80. The molecule has 8 heteroatoms. The largest absolute Gasteiger partial charge is 0.507 e. The first kappa shape index (κ1) is 29.0. The summed E-state index contributed by atoms with van der Waals surface area (Å²) < 4.78 is 16.7. The predicted molar refractivity (Wildman–Crippen MR) is 148 cm³/mol. The van der Waals surface area contributed by atoms with Gasteiger partial charge in [0.2, 0.25) is 0 Å². The van der Waals surface area contributed by atoms with Crippen LogP contribution >= 0.6 is 0 Å². The maximum absolute atomic E-state index is 13.4. The van der Waals surface area contributed by atoms with Crippen LogP contribution in [0.5, 0.6) is 17.2 Å². The minimum Gasteiger partial charge on any atom is -0.507 e. The third-order valence-corrected chi connectivity index (χ3v) is 6.85. The van der Waals surface area contributed by atoms with Crippen LogP contribution in [0.1, 0.15) is 50.4 Å². The zero-order chi connectivity index (χ0) is 28.0. The highest BCUT2D eigenvalue weighted by molar-refractivity contribution is 6.46. The molecular weight excluding hydrogens is 484 g/mol. The first-order valence-corrected chi connectivity index (χ1v) is 13.1. The SMILES string of the molecule is CCN(CC)CCN1C(=O)C(=O)/C(=C(/O)c2ccc(OCC(C)C)cc2C)[C@H]1c1ccc(OC)c(OC)c1. The summed E-state index contributed by atoms with van der Waals surface area (Å²) in [6.07, 6.45) is 0. The van der Waals surface area contributed by atoms with Crippen LogP contribution in [0.3, 0.4) is 0 Å². The van der Waals surface area contributed by atoms with Crippen molar-refractivity contribution in [3.63, 3.8) is 0 Å². The Bertz CT molecular complexity index is 1190. The van der Waals surface area contributed by atoms with Crippen molar-refractivity contribution in [2.45, 2.75) is 40.7 Å². The number of amides is 1. The van der Waals surface area contributed by atoms with Crippen molar-refractivity contribution in [1.82, 2.24) is 9.80 Å². The molecule has 0 bridgehead atoms. The number of aryl methyl sites for hydroxylation is 1. The average Bonchev–Trinajstić information content (AvgIpc) is 3.16. The summed E-state index contributed by atoms with van der Waals surface area (Å²) >= 11 is 0. The van der Waals surface area contributed by atoms with Crippen molar-refractivity contribution in [2.75, 3.05) is 47.0 Å². The minimum atomic E-state index is -0.776. The van der Waals surface area contributed by atoms with Crippen LogP contribution in [0.15, 0.2) is 42.0 Å². The van der Waals surface area contributed by atoms with Crippen molar-refractivity contribution in [3.8, 4) is 17.2 Å². The Morgan fingerprint density at radius 3 is 2.29 bits per heavy atom. The fourth-order valence-corrected chi connectivity index (χ4v) is 4.67. The number of likely N-dealkylation sites (N-methyl/N-ethyl adjacent to an activating group) is 1. The lowest BCUT2D eigenvalue weighted by molar-refractivity contribution is -0.140. The maximum atomic E-state index is 13.4. The second-order valence-electron chi connectivity index (χ2n) is 9.82. The molecule has 1 aliphatic heterocycles. The Balaban J connectivity index is 2.12. The topological polar surface area (TPSA) is 88.5 Å². The van der Waals surface area contributed by atoms with Gasteiger partial charge in [-0.2, -0.15) is 0 Å². The number of hydrogen-bond acceptors (Lipinski definition) is 7. The normalized spacial score (nSPS) is 17.0. The molecule has 1 N–H and O–H groups in total. The van der Waals surface area contributed by atoms with Crippen molar-refractivity contribution in [1.29, 1.82) is 0 Å². The number of carbonyl (C=O) groups is 2. The molecule has 1 heterocycles. The zero-order valence-corrected chi connectivity index (χ0v) is 23.5. The minimum absolute atomic E-state index is 0.0562. The Morgan fingerprint density at radius 2 is 1.71 bits per heavy atom. The fraction of sp³-hybridized carbons (Fsp3) is 0.467. The number of nitrogens with zero attached hydrogens (tertiary/aromatic N) is 2. The molecule has 0 aromatic heterocycles. The Hall–Kier alpha value is -3.52. The average molecular weight is 525 g/mol. The van der Waals surface area contributed by atoms with Crippen LogP contribution < -0.4 is 14.2 Å². The van der Waals surface area contributed by atoms with Crippen LogP contribution in [0, 0.1) is 12.8 Å². The van der Waals surface area contributed by atoms with Gasteiger partial charge in [0.25, 0.3) is 11.7 Å². The quantitative estimate of drug-likeness (QED) is 0.242. The summed E-state index contributed by atoms with van der Waals surface area (Å²) in [6, 6.07) is 9.85. The predicted octanol–water partition coefficient (Wildman–Crippen LogP) is 4.81. The zero-order valence-electron chi connectivity index (χ0n) is 23.5. The molecule has 0 aliphatic carbocycles. The lowest BCUT2D eigenvalue weighted by atomic mass is 9.93. The summed E-state index contributed by atoms with van der Waals surface area (Å²) in [6.45, 7) is 13.3. The number of rotatable bonds is 12. The standard InChI is InChI=1S/C30H40N2O6/c1-8-31(9-2)14-15-32-27(21-10-13-24(36-6)25(17-21)37-7)26(29(34)30(32)35)28(33)23-12-11-22(16-20(23)5)38-18-19(3)4/h10-13,16-17,19,27,33H,8-9,14-15,18H2,1-7H3/b28-26+/t27-/m1/s1. The number of ketones is 1. The van der Waals surface area contributed by atoms with E-state index < -0.39 is 17.7 Å². The van der Waals surface area contributed by atoms with E-state index in [1.54, 1.807) is 42.3 Å². The number of methoxy groups -OCH3 is 2. The monoisotopic (exact) mass is 524 g/mol. The van der Waals surface area contributed by atoms with Crippen LogP contribution in [0.4, 0.5) is 0 Å². The molecule has 0 unspecified atom stereocenters. The summed E-state index contributed by atoms with van der Waals surface area (Å²) in [7, 11) is 3.08. The van der Waals surface area contributed by atoms with Gasteiger partial charge in [-0.05, 0) is 67.4 Å².